The molecule has 120 valence electrons. The normalized spacial score (nSPS) is 22.1. The van der Waals surface area contributed by atoms with E-state index in [-0.39, 0.29) is 5.30 Å². The van der Waals surface area contributed by atoms with Crippen LogP contribution in [0.3, 0.4) is 0 Å². The summed E-state index contributed by atoms with van der Waals surface area (Å²) in [5, 5.41) is 11.7. The van der Waals surface area contributed by atoms with Crippen LogP contribution in [0.15, 0.2) is 30.3 Å². The van der Waals surface area contributed by atoms with Crippen LogP contribution in [0.4, 0.5) is 0 Å². The van der Waals surface area contributed by atoms with E-state index in [2.05, 4.69) is 5.09 Å². The number of carboxylic acid groups (broad SMARTS) is 1. The Morgan fingerprint density at radius 3 is 2.59 bits per heavy atom. The number of likely N-dealkylation sites (tertiary alicyclic amines) is 1. The Labute approximate surface area is 128 Å². The molecule has 1 aliphatic heterocycles. The number of aliphatic carboxylic acids is 1. The predicted octanol–water partition coefficient (Wildman–Crippen LogP) is 0.551. The maximum Gasteiger partial charge on any atom is 0.326 e. The molecular formula is C14H19N2O5P. The molecule has 0 bridgehead atoms. The number of amides is 1. The van der Waals surface area contributed by atoms with Crippen molar-refractivity contribution in [2.24, 2.45) is 0 Å². The summed E-state index contributed by atoms with van der Waals surface area (Å²) in [6.07, 6.45) is 1.02. The lowest BCUT2D eigenvalue weighted by Crippen LogP contribution is -2.48. The molecule has 1 fully saturated rings. The van der Waals surface area contributed by atoms with Crippen molar-refractivity contribution in [2.45, 2.75) is 31.8 Å². The highest BCUT2D eigenvalue weighted by Gasteiger charge is 2.37. The van der Waals surface area contributed by atoms with Gasteiger partial charge in [0.15, 0.2) is 0 Å². The summed E-state index contributed by atoms with van der Waals surface area (Å²) in [6, 6.07) is 6.19. The van der Waals surface area contributed by atoms with Gasteiger partial charge in [0.1, 0.15) is 6.04 Å². The van der Waals surface area contributed by atoms with Crippen LogP contribution in [-0.4, -0.2) is 45.4 Å². The Morgan fingerprint density at radius 1 is 1.36 bits per heavy atom. The average Bonchev–Trinajstić information content (AvgIpc) is 2.96. The molecule has 1 saturated heterocycles. The summed E-state index contributed by atoms with van der Waals surface area (Å²) in [7, 11) is -3.88. The van der Waals surface area contributed by atoms with E-state index < -0.39 is 31.5 Å². The van der Waals surface area contributed by atoms with Gasteiger partial charge in [-0.05, 0) is 31.9 Å². The van der Waals surface area contributed by atoms with E-state index in [0.29, 0.717) is 19.4 Å². The molecule has 22 heavy (non-hydrogen) atoms. The quantitative estimate of drug-likeness (QED) is 0.682. The summed E-state index contributed by atoms with van der Waals surface area (Å²) in [5.41, 5.74) is 0. The molecule has 1 heterocycles. The highest BCUT2D eigenvalue weighted by atomic mass is 31.2. The zero-order chi connectivity index (χ0) is 16.3. The van der Waals surface area contributed by atoms with Crippen LogP contribution in [0.1, 0.15) is 19.8 Å². The number of nitrogens with zero attached hydrogens (tertiary/aromatic N) is 1. The molecule has 2 rings (SSSR count). The topological polar surface area (TPSA) is 107 Å². The molecule has 0 aliphatic carbocycles. The molecule has 1 amide bonds. The number of carbonyl (C=O) groups is 2. The zero-order valence-electron chi connectivity index (χ0n) is 12.2. The largest absolute Gasteiger partial charge is 0.480 e. The minimum absolute atomic E-state index is 0.200. The molecule has 3 N–H and O–H groups in total. The summed E-state index contributed by atoms with van der Waals surface area (Å²) in [4.78, 5) is 34.8. The van der Waals surface area contributed by atoms with Gasteiger partial charge in [-0.1, -0.05) is 18.2 Å². The summed E-state index contributed by atoms with van der Waals surface area (Å²) < 4.78 is 12.3. The SMILES string of the molecule is C[C@H](NP(=O)(O)c1ccccc1)C(=O)N1CCC[C@H]1C(=O)O. The van der Waals surface area contributed by atoms with Crippen molar-refractivity contribution in [3.8, 4) is 0 Å². The number of benzene rings is 1. The second-order valence-electron chi connectivity index (χ2n) is 5.29. The van der Waals surface area contributed by atoms with E-state index in [1.165, 1.54) is 24.0 Å². The molecule has 0 aromatic heterocycles. The summed E-state index contributed by atoms with van der Waals surface area (Å²) >= 11 is 0. The van der Waals surface area contributed by atoms with Gasteiger partial charge in [-0.25, -0.2) is 9.88 Å². The zero-order valence-corrected chi connectivity index (χ0v) is 13.1. The van der Waals surface area contributed by atoms with Crippen molar-refractivity contribution in [2.75, 3.05) is 6.54 Å². The maximum atomic E-state index is 12.3. The number of hydrogen-bond acceptors (Lipinski definition) is 3. The Kier molecular flexibility index (Phi) is 5.01. The van der Waals surface area contributed by atoms with Crippen molar-refractivity contribution >= 4 is 24.7 Å². The van der Waals surface area contributed by atoms with Gasteiger partial charge in [0.25, 0.3) is 7.52 Å². The third-order valence-electron chi connectivity index (χ3n) is 3.67. The van der Waals surface area contributed by atoms with E-state index in [0.717, 1.165) is 0 Å². The fourth-order valence-corrected chi connectivity index (χ4v) is 3.92. The molecule has 1 aliphatic rings. The second-order valence-corrected chi connectivity index (χ2v) is 7.22. The van der Waals surface area contributed by atoms with Gasteiger partial charge < -0.3 is 14.9 Å². The number of carboxylic acids is 1. The highest BCUT2D eigenvalue weighted by molar-refractivity contribution is 7.64. The molecule has 3 atom stereocenters. The summed E-state index contributed by atoms with van der Waals surface area (Å²) in [6.45, 7) is 1.81. The fourth-order valence-electron chi connectivity index (χ4n) is 2.56. The van der Waals surface area contributed by atoms with E-state index >= 15 is 0 Å². The van der Waals surface area contributed by atoms with Crippen molar-refractivity contribution in [3.05, 3.63) is 30.3 Å². The standard InChI is InChI=1S/C14H19N2O5P/c1-10(13(17)16-9-5-8-12(16)14(18)19)15-22(20,21)11-6-3-2-4-7-11/h2-4,6-7,10,12H,5,8-9H2,1H3,(H,18,19)(H2,15,20,21)/t10-,12-/m0/s1. The van der Waals surface area contributed by atoms with Gasteiger partial charge >= 0.3 is 5.97 Å². The van der Waals surface area contributed by atoms with Crippen molar-refractivity contribution in [1.29, 1.82) is 0 Å². The number of nitrogens with one attached hydrogen (secondary N) is 1. The van der Waals surface area contributed by atoms with E-state index in [1.54, 1.807) is 18.2 Å². The monoisotopic (exact) mass is 326 g/mol. The van der Waals surface area contributed by atoms with E-state index in [1.807, 2.05) is 0 Å². The first-order valence-electron chi connectivity index (χ1n) is 7.02. The van der Waals surface area contributed by atoms with Crippen molar-refractivity contribution in [3.63, 3.8) is 0 Å². The van der Waals surface area contributed by atoms with Gasteiger partial charge in [0.2, 0.25) is 5.91 Å². The van der Waals surface area contributed by atoms with Crippen LogP contribution < -0.4 is 10.4 Å². The van der Waals surface area contributed by atoms with Gasteiger partial charge in [-0.2, -0.15) is 0 Å². The smallest absolute Gasteiger partial charge is 0.326 e. The molecule has 1 aromatic carbocycles. The average molecular weight is 326 g/mol. The van der Waals surface area contributed by atoms with Crippen LogP contribution >= 0.6 is 7.52 Å². The molecule has 1 aromatic rings. The fraction of sp³-hybridized carbons (Fsp3) is 0.429. The van der Waals surface area contributed by atoms with Crippen LogP contribution in [0.2, 0.25) is 0 Å². The second kappa shape index (κ2) is 6.60. The number of rotatable bonds is 5. The van der Waals surface area contributed by atoms with Gasteiger partial charge in [-0.3, -0.25) is 9.36 Å². The molecule has 0 saturated carbocycles. The van der Waals surface area contributed by atoms with Crippen LogP contribution in [0.5, 0.6) is 0 Å². The van der Waals surface area contributed by atoms with E-state index in [4.69, 9.17) is 5.11 Å². The Hall–Kier alpha value is -1.69. The van der Waals surface area contributed by atoms with Gasteiger partial charge in [0.05, 0.1) is 11.3 Å². The molecule has 8 heteroatoms. The van der Waals surface area contributed by atoms with Crippen LogP contribution in [0.25, 0.3) is 0 Å². The van der Waals surface area contributed by atoms with Crippen LogP contribution in [0, 0.1) is 0 Å². The first-order chi connectivity index (χ1) is 10.3. The highest BCUT2D eigenvalue weighted by Crippen LogP contribution is 2.35. The van der Waals surface area contributed by atoms with Crippen LogP contribution in [-0.2, 0) is 14.2 Å². The Balaban J connectivity index is 2.08. The minimum Gasteiger partial charge on any atom is -0.480 e. The minimum atomic E-state index is -3.88. The first kappa shape index (κ1) is 16.7. The molecule has 7 nitrogen and oxygen atoms in total. The van der Waals surface area contributed by atoms with E-state index in [9.17, 15) is 19.0 Å². The predicted molar refractivity (Wildman–Crippen MR) is 80.9 cm³/mol. The molecular weight excluding hydrogens is 307 g/mol. The number of carbonyl (C=O) groups excluding carboxylic acids is 1. The Bertz CT molecular complexity index is 607. The third-order valence-corrected chi connectivity index (χ3v) is 5.40. The lowest BCUT2D eigenvalue weighted by atomic mass is 10.2. The van der Waals surface area contributed by atoms with Crippen molar-refractivity contribution in [1.82, 2.24) is 9.99 Å². The first-order valence-corrected chi connectivity index (χ1v) is 8.68. The third kappa shape index (κ3) is 3.55. The maximum absolute atomic E-state index is 12.3. The van der Waals surface area contributed by atoms with Gasteiger partial charge in [-0.15, -0.1) is 0 Å². The molecule has 0 radical (unpaired) electrons. The van der Waals surface area contributed by atoms with Gasteiger partial charge in [0, 0.05) is 6.54 Å². The Morgan fingerprint density at radius 2 is 2.00 bits per heavy atom. The lowest BCUT2D eigenvalue weighted by Gasteiger charge is -2.26. The summed E-state index contributed by atoms with van der Waals surface area (Å²) in [5.74, 6) is -1.52. The number of hydrogen-bond donors (Lipinski definition) is 3. The molecule has 1 unspecified atom stereocenters. The molecule has 0 spiro atoms. The van der Waals surface area contributed by atoms with Crippen molar-refractivity contribution < 1.29 is 24.2 Å². The lowest BCUT2D eigenvalue weighted by molar-refractivity contribution is -0.148.